The van der Waals surface area contributed by atoms with E-state index in [0.717, 1.165) is 11.1 Å². The second kappa shape index (κ2) is 10.1. The van der Waals surface area contributed by atoms with E-state index in [1.807, 2.05) is 12.1 Å². The molecule has 3 rings (SSSR count). The van der Waals surface area contributed by atoms with Crippen molar-refractivity contribution in [2.45, 2.75) is 20.3 Å². The molecule has 0 aliphatic carbocycles. The summed E-state index contributed by atoms with van der Waals surface area (Å²) >= 11 is 11.9. The number of Topliss-reactive ketones (excluding diaryl/α,β-unsaturated/α-hetero) is 1. The van der Waals surface area contributed by atoms with Crippen LogP contribution in [0.2, 0.25) is 10.0 Å². The molecular formula is C25H22Cl2N2O4. The van der Waals surface area contributed by atoms with Gasteiger partial charge < -0.3 is 15.7 Å². The molecule has 170 valence electrons. The molecule has 3 N–H and O–H groups in total. The second-order valence-corrected chi connectivity index (χ2v) is 8.99. The van der Waals surface area contributed by atoms with Crippen molar-refractivity contribution >= 4 is 52.4 Å². The van der Waals surface area contributed by atoms with Gasteiger partial charge in [0.05, 0.1) is 16.1 Å². The highest BCUT2D eigenvalue weighted by Gasteiger charge is 2.30. The largest absolute Gasteiger partial charge is 0.481 e. The third kappa shape index (κ3) is 6.34. The van der Waals surface area contributed by atoms with Crippen molar-refractivity contribution in [3.63, 3.8) is 0 Å². The highest BCUT2D eigenvalue weighted by molar-refractivity contribution is 6.36. The van der Waals surface area contributed by atoms with Crippen molar-refractivity contribution in [2.24, 2.45) is 5.41 Å². The SMILES string of the molecule is CC(C)(CC(=O)c1ccc(-c2ccc(NC(=O)Nc3ccc(Cl)cc3Cl)cc2)cc1)C(=O)O. The van der Waals surface area contributed by atoms with Crippen LogP contribution in [0.1, 0.15) is 30.6 Å². The molecule has 2 amide bonds. The fourth-order valence-corrected chi connectivity index (χ4v) is 3.50. The van der Waals surface area contributed by atoms with E-state index >= 15 is 0 Å². The normalized spacial score (nSPS) is 11.0. The Hall–Kier alpha value is -3.35. The molecule has 0 heterocycles. The molecule has 0 saturated carbocycles. The Balaban J connectivity index is 1.63. The minimum absolute atomic E-state index is 0.0780. The lowest BCUT2D eigenvalue weighted by atomic mass is 9.85. The molecule has 8 heteroatoms. The number of benzene rings is 3. The number of nitrogens with one attached hydrogen (secondary N) is 2. The monoisotopic (exact) mass is 484 g/mol. The first-order chi connectivity index (χ1) is 15.5. The highest BCUT2D eigenvalue weighted by atomic mass is 35.5. The number of carboxylic acid groups (broad SMARTS) is 1. The number of carbonyl (C=O) groups excluding carboxylic acids is 2. The van der Waals surface area contributed by atoms with Crippen LogP contribution in [0, 0.1) is 5.41 Å². The summed E-state index contributed by atoms with van der Waals surface area (Å²) in [6, 6.07) is 18.5. The van der Waals surface area contributed by atoms with Gasteiger partial charge >= 0.3 is 12.0 Å². The molecule has 0 atom stereocenters. The first-order valence-electron chi connectivity index (χ1n) is 10.1. The maximum absolute atomic E-state index is 12.4. The summed E-state index contributed by atoms with van der Waals surface area (Å²) in [6.45, 7) is 3.06. The molecule has 0 aromatic heterocycles. The molecule has 0 aliphatic rings. The Morgan fingerprint density at radius 1 is 0.848 bits per heavy atom. The van der Waals surface area contributed by atoms with Crippen LogP contribution in [0.5, 0.6) is 0 Å². The standard InChI is InChI=1S/C25H22Cl2N2O4/c1-25(2,23(31)32)14-22(30)17-5-3-15(4-6-17)16-7-10-19(11-8-16)28-24(33)29-21-12-9-18(26)13-20(21)27/h3-13H,14H2,1-2H3,(H,31,32)(H2,28,29,33). The average Bonchev–Trinajstić information content (AvgIpc) is 2.76. The van der Waals surface area contributed by atoms with Gasteiger partial charge in [-0.05, 0) is 55.3 Å². The highest BCUT2D eigenvalue weighted by Crippen LogP contribution is 2.27. The molecule has 0 saturated heterocycles. The summed E-state index contributed by atoms with van der Waals surface area (Å²) in [5.41, 5.74) is 2.15. The lowest BCUT2D eigenvalue weighted by Crippen LogP contribution is -2.26. The number of aliphatic carboxylic acids is 1. The molecule has 0 unspecified atom stereocenters. The number of ketones is 1. The first kappa shape index (κ1) is 24.3. The van der Waals surface area contributed by atoms with Crippen LogP contribution < -0.4 is 10.6 Å². The number of halogens is 2. The summed E-state index contributed by atoms with van der Waals surface area (Å²) in [5.74, 6) is -1.23. The summed E-state index contributed by atoms with van der Waals surface area (Å²) in [7, 11) is 0. The average molecular weight is 485 g/mol. The number of carbonyl (C=O) groups is 3. The van der Waals surface area contributed by atoms with E-state index in [2.05, 4.69) is 10.6 Å². The zero-order valence-electron chi connectivity index (χ0n) is 18.0. The number of rotatable bonds is 7. The number of anilines is 2. The molecule has 0 spiro atoms. The summed E-state index contributed by atoms with van der Waals surface area (Å²) < 4.78 is 0. The quantitative estimate of drug-likeness (QED) is 0.315. The van der Waals surface area contributed by atoms with Crippen LogP contribution in [0.25, 0.3) is 11.1 Å². The lowest BCUT2D eigenvalue weighted by molar-refractivity contribution is -0.146. The minimum atomic E-state index is -1.12. The summed E-state index contributed by atoms with van der Waals surface area (Å²) in [5, 5.41) is 15.4. The van der Waals surface area contributed by atoms with E-state index in [1.165, 1.54) is 13.8 Å². The minimum Gasteiger partial charge on any atom is -0.481 e. The van der Waals surface area contributed by atoms with Gasteiger partial charge in [0.1, 0.15) is 0 Å². The van der Waals surface area contributed by atoms with Crippen molar-refractivity contribution < 1.29 is 19.5 Å². The van der Waals surface area contributed by atoms with Crippen molar-refractivity contribution in [1.29, 1.82) is 0 Å². The van der Waals surface area contributed by atoms with E-state index in [1.54, 1.807) is 54.6 Å². The molecular weight excluding hydrogens is 463 g/mol. The Bertz CT molecular complexity index is 1190. The van der Waals surface area contributed by atoms with Gasteiger partial charge in [-0.15, -0.1) is 0 Å². The van der Waals surface area contributed by atoms with Gasteiger partial charge in [0.15, 0.2) is 5.78 Å². The number of amides is 2. The fraction of sp³-hybridized carbons (Fsp3) is 0.160. The molecule has 3 aromatic rings. The fourth-order valence-electron chi connectivity index (χ4n) is 3.05. The van der Waals surface area contributed by atoms with E-state index in [9.17, 15) is 19.5 Å². The van der Waals surface area contributed by atoms with Crippen LogP contribution in [0.4, 0.5) is 16.2 Å². The number of carboxylic acids is 1. The van der Waals surface area contributed by atoms with Crippen molar-refractivity contribution in [3.05, 3.63) is 82.3 Å². The smallest absolute Gasteiger partial charge is 0.323 e. The molecule has 3 aromatic carbocycles. The van der Waals surface area contributed by atoms with Gasteiger partial charge in [0, 0.05) is 22.7 Å². The maximum Gasteiger partial charge on any atom is 0.323 e. The van der Waals surface area contributed by atoms with E-state index in [0.29, 0.717) is 27.0 Å². The molecule has 0 fully saturated rings. The molecule has 0 aliphatic heterocycles. The molecule has 33 heavy (non-hydrogen) atoms. The van der Waals surface area contributed by atoms with Gasteiger partial charge in [-0.3, -0.25) is 9.59 Å². The van der Waals surface area contributed by atoms with Gasteiger partial charge in [0.2, 0.25) is 0 Å². The Labute approximate surface area is 201 Å². The van der Waals surface area contributed by atoms with E-state index in [4.69, 9.17) is 23.2 Å². The third-order valence-electron chi connectivity index (χ3n) is 5.04. The predicted molar refractivity (Wildman–Crippen MR) is 131 cm³/mol. The zero-order valence-corrected chi connectivity index (χ0v) is 19.5. The van der Waals surface area contributed by atoms with Crippen molar-refractivity contribution in [1.82, 2.24) is 0 Å². The van der Waals surface area contributed by atoms with Gasteiger partial charge in [-0.2, -0.15) is 0 Å². The number of hydrogen-bond donors (Lipinski definition) is 3. The Morgan fingerprint density at radius 3 is 1.97 bits per heavy atom. The van der Waals surface area contributed by atoms with Crippen molar-refractivity contribution in [3.8, 4) is 11.1 Å². The number of hydrogen-bond acceptors (Lipinski definition) is 3. The second-order valence-electron chi connectivity index (χ2n) is 8.15. The van der Waals surface area contributed by atoms with Crippen LogP contribution >= 0.6 is 23.2 Å². The van der Waals surface area contributed by atoms with Gasteiger partial charge in [-0.1, -0.05) is 59.6 Å². The number of urea groups is 1. The first-order valence-corrected chi connectivity index (χ1v) is 10.8. The molecule has 6 nitrogen and oxygen atoms in total. The molecule has 0 radical (unpaired) electrons. The van der Waals surface area contributed by atoms with E-state index in [-0.39, 0.29) is 12.2 Å². The van der Waals surface area contributed by atoms with E-state index < -0.39 is 17.4 Å². The molecule has 0 bridgehead atoms. The van der Waals surface area contributed by atoms with Gasteiger partial charge in [-0.25, -0.2) is 4.79 Å². The topological polar surface area (TPSA) is 95.5 Å². The van der Waals surface area contributed by atoms with Crippen molar-refractivity contribution in [2.75, 3.05) is 10.6 Å². The summed E-state index contributed by atoms with van der Waals surface area (Å²) in [4.78, 5) is 35.9. The van der Waals surface area contributed by atoms with Crippen LogP contribution in [-0.2, 0) is 4.79 Å². The van der Waals surface area contributed by atoms with Gasteiger partial charge in [0.25, 0.3) is 0 Å². The zero-order chi connectivity index (χ0) is 24.2. The Kier molecular flexibility index (Phi) is 7.41. The lowest BCUT2D eigenvalue weighted by Gasteiger charge is -2.17. The maximum atomic E-state index is 12.4. The third-order valence-corrected chi connectivity index (χ3v) is 5.59. The predicted octanol–water partition coefficient (Wildman–Crippen LogP) is 6.99. The van der Waals surface area contributed by atoms with Crippen LogP contribution in [0.15, 0.2) is 66.7 Å². The van der Waals surface area contributed by atoms with Crippen LogP contribution in [0.3, 0.4) is 0 Å². The van der Waals surface area contributed by atoms with Crippen LogP contribution in [-0.4, -0.2) is 22.9 Å². The Morgan fingerprint density at radius 2 is 1.42 bits per heavy atom. The summed E-state index contributed by atoms with van der Waals surface area (Å²) in [6.07, 6.45) is -0.0780.